The molecule has 0 bridgehead atoms. The Bertz CT molecular complexity index is 473. The van der Waals surface area contributed by atoms with Gasteiger partial charge in [-0.3, -0.25) is 0 Å². The zero-order chi connectivity index (χ0) is 13.0. The van der Waals surface area contributed by atoms with Gasteiger partial charge in [-0.25, -0.2) is 13.1 Å². The molecule has 1 aromatic carbocycles. The maximum atomic E-state index is 12.1. The summed E-state index contributed by atoms with van der Waals surface area (Å²) in [7, 11) is -1.30. The van der Waals surface area contributed by atoms with Crippen LogP contribution in [0.4, 0.5) is 0 Å². The summed E-state index contributed by atoms with van der Waals surface area (Å²) in [5.74, 6) is 0. The molecular formula is C13H20N2O2S. The van der Waals surface area contributed by atoms with Crippen molar-refractivity contribution in [2.45, 2.75) is 30.2 Å². The van der Waals surface area contributed by atoms with E-state index in [4.69, 9.17) is 0 Å². The summed E-state index contributed by atoms with van der Waals surface area (Å²) in [5, 5.41) is 0. The predicted octanol–water partition coefficient (Wildman–Crippen LogP) is 1.45. The number of sulfonamides is 1. The Morgan fingerprint density at radius 2 is 2.00 bits per heavy atom. The lowest BCUT2D eigenvalue weighted by Gasteiger charge is -2.32. The second-order valence-electron chi connectivity index (χ2n) is 4.80. The van der Waals surface area contributed by atoms with Gasteiger partial charge in [0.25, 0.3) is 0 Å². The first kappa shape index (κ1) is 13.5. The molecule has 1 heterocycles. The van der Waals surface area contributed by atoms with Crippen molar-refractivity contribution in [3.05, 3.63) is 30.3 Å². The molecule has 1 aromatic rings. The Kier molecular flexibility index (Phi) is 4.37. The van der Waals surface area contributed by atoms with Crippen LogP contribution in [0.5, 0.6) is 0 Å². The standard InChI is InChI=1S/C13H20N2O2S/c1-15-10-6-5-7-12(15)11-14-18(16,17)13-8-3-2-4-9-13/h2-4,8-9,12,14H,5-7,10-11H2,1H3. The van der Waals surface area contributed by atoms with E-state index in [-0.39, 0.29) is 0 Å². The summed E-state index contributed by atoms with van der Waals surface area (Å²) >= 11 is 0. The summed E-state index contributed by atoms with van der Waals surface area (Å²) in [4.78, 5) is 2.57. The van der Waals surface area contributed by atoms with E-state index in [1.807, 2.05) is 6.07 Å². The summed E-state index contributed by atoms with van der Waals surface area (Å²) in [5.41, 5.74) is 0. The van der Waals surface area contributed by atoms with Gasteiger partial charge in [-0.15, -0.1) is 0 Å². The monoisotopic (exact) mass is 268 g/mol. The number of hydrogen-bond donors (Lipinski definition) is 1. The van der Waals surface area contributed by atoms with Gasteiger partial charge in [0.15, 0.2) is 0 Å². The van der Waals surface area contributed by atoms with Gasteiger partial charge in [0.1, 0.15) is 0 Å². The van der Waals surface area contributed by atoms with Crippen molar-refractivity contribution in [1.82, 2.24) is 9.62 Å². The molecule has 2 rings (SSSR count). The third-order valence-corrected chi connectivity index (χ3v) is 4.92. The molecule has 0 saturated carbocycles. The second-order valence-corrected chi connectivity index (χ2v) is 6.56. The molecule has 1 saturated heterocycles. The van der Waals surface area contributed by atoms with E-state index in [1.54, 1.807) is 24.3 Å². The first-order valence-electron chi connectivity index (χ1n) is 6.34. The van der Waals surface area contributed by atoms with Crippen LogP contribution in [-0.4, -0.2) is 39.5 Å². The summed E-state index contributed by atoms with van der Waals surface area (Å²) < 4.78 is 26.8. The van der Waals surface area contributed by atoms with Crippen LogP contribution in [0.2, 0.25) is 0 Å². The van der Waals surface area contributed by atoms with Crippen LogP contribution in [0.25, 0.3) is 0 Å². The number of piperidine rings is 1. The third kappa shape index (κ3) is 3.31. The van der Waals surface area contributed by atoms with Crippen molar-refractivity contribution in [3.63, 3.8) is 0 Å². The van der Waals surface area contributed by atoms with E-state index in [1.165, 1.54) is 12.8 Å². The van der Waals surface area contributed by atoms with Crippen molar-refractivity contribution in [2.75, 3.05) is 20.1 Å². The van der Waals surface area contributed by atoms with Crippen molar-refractivity contribution >= 4 is 10.0 Å². The minimum atomic E-state index is -3.36. The highest BCUT2D eigenvalue weighted by Gasteiger charge is 2.21. The van der Waals surface area contributed by atoms with E-state index in [9.17, 15) is 8.42 Å². The van der Waals surface area contributed by atoms with Crippen LogP contribution >= 0.6 is 0 Å². The first-order valence-corrected chi connectivity index (χ1v) is 7.83. The molecule has 0 radical (unpaired) electrons. The number of nitrogens with one attached hydrogen (secondary N) is 1. The number of likely N-dealkylation sites (N-methyl/N-ethyl adjacent to an activating group) is 1. The molecule has 0 aromatic heterocycles. The number of hydrogen-bond acceptors (Lipinski definition) is 3. The topological polar surface area (TPSA) is 49.4 Å². The number of nitrogens with zero attached hydrogens (tertiary/aromatic N) is 1. The summed E-state index contributed by atoms with van der Waals surface area (Å²) in [6.07, 6.45) is 3.45. The highest BCUT2D eigenvalue weighted by molar-refractivity contribution is 7.89. The molecule has 1 aliphatic heterocycles. The third-order valence-electron chi connectivity index (χ3n) is 3.48. The van der Waals surface area contributed by atoms with Crippen LogP contribution < -0.4 is 4.72 Å². The smallest absolute Gasteiger partial charge is 0.240 e. The molecule has 100 valence electrons. The largest absolute Gasteiger partial charge is 0.302 e. The minimum Gasteiger partial charge on any atom is -0.302 e. The summed E-state index contributed by atoms with van der Waals surface area (Å²) in [6, 6.07) is 8.84. The van der Waals surface area contributed by atoms with Gasteiger partial charge in [0.2, 0.25) is 10.0 Å². The molecule has 1 unspecified atom stereocenters. The predicted molar refractivity (Wildman–Crippen MR) is 71.9 cm³/mol. The fourth-order valence-electron chi connectivity index (χ4n) is 2.29. The number of benzene rings is 1. The Hall–Kier alpha value is -0.910. The second kappa shape index (κ2) is 5.82. The fraction of sp³-hybridized carbons (Fsp3) is 0.538. The highest BCUT2D eigenvalue weighted by Crippen LogP contribution is 2.15. The molecule has 18 heavy (non-hydrogen) atoms. The van der Waals surface area contributed by atoms with Crippen LogP contribution in [-0.2, 0) is 10.0 Å². The molecule has 0 amide bonds. The molecule has 1 fully saturated rings. The molecule has 0 aliphatic carbocycles. The normalized spacial score (nSPS) is 21.9. The van der Waals surface area contributed by atoms with Gasteiger partial charge in [0, 0.05) is 12.6 Å². The molecule has 1 atom stereocenters. The number of rotatable bonds is 4. The van der Waals surface area contributed by atoms with Crippen molar-refractivity contribution < 1.29 is 8.42 Å². The average Bonchev–Trinajstić information content (AvgIpc) is 2.39. The van der Waals surface area contributed by atoms with Gasteiger partial charge in [0.05, 0.1) is 4.90 Å². The molecule has 5 heteroatoms. The molecule has 4 nitrogen and oxygen atoms in total. The molecule has 1 N–H and O–H groups in total. The Balaban J connectivity index is 1.97. The van der Waals surface area contributed by atoms with E-state index in [2.05, 4.69) is 16.7 Å². The van der Waals surface area contributed by atoms with Gasteiger partial charge in [-0.2, -0.15) is 0 Å². The van der Waals surface area contributed by atoms with Gasteiger partial charge < -0.3 is 4.90 Å². The van der Waals surface area contributed by atoms with Gasteiger partial charge in [-0.1, -0.05) is 24.6 Å². The van der Waals surface area contributed by atoms with E-state index in [0.717, 1.165) is 13.0 Å². The molecule has 0 spiro atoms. The minimum absolute atomic E-state index is 0.317. The molecular weight excluding hydrogens is 248 g/mol. The average molecular weight is 268 g/mol. The number of likely N-dealkylation sites (tertiary alicyclic amines) is 1. The lowest BCUT2D eigenvalue weighted by molar-refractivity contribution is 0.187. The molecule has 1 aliphatic rings. The van der Waals surface area contributed by atoms with Gasteiger partial charge >= 0.3 is 0 Å². The van der Waals surface area contributed by atoms with E-state index in [0.29, 0.717) is 17.5 Å². The lowest BCUT2D eigenvalue weighted by Crippen LogP contribution is -2.44. The maximum Gasteiger partial charge on any atom is 0.240 e. The lowest BCUT2D eigenvalue weighted by atomic mass is 10.0. The SMILES string of the molecule is CN1CCCCC1CNS(=O)(=O)c1ccccc1. The van der Waals surface area contributed by atoms with Crippen molar-refractivity contribution in [1.29, 1.82) is 0 Å². The fourth-order valence-corrected chi connectivity index (χ4v) is 3.38. The summed E-state index contributed by atoms with van der Waals surface area (Å²) in [6.45, 7) is 1.55. The van der Waals surface area contributed by atoms with Crippen LogP contribution in [0.1, 0.15) is 19.3 Å². The highest BCUT2D eigenvalue weighted by atomic mass is 32.2. The Morgan fingerprint density at radius 3 is 2.67 bits per heavy atom. The van der Waals surface area contributed by atoms with Crippen LogP contribution in [0.3, 0.4) is 0 Å². The van der Waals surface area contributed by atoms with E-state index >= 15 is 0 Å². The zero-order valence-corrected chi connectivity index (χ0v) is 11.5. The zero-order valence-electron chi connectivity index (χ0n) is 10.7. The Labute approximate surface area is 109 Å². The van der Waals surface area contributed by atoms with Crippen molar-refractivity contribution in [3.8, 4) is 0 Å². The van der Waals surface area contributed by atoms with Crippen molar-refractivity contribution in [2.24, 2.45) is 0 Å². The quantitative estimate of drug-likeness (QED) is 0.899. The van der Waals surface area contributed by atoms with Crippen LogP contribution in [0.15, 0.2) is 35.2 Å². The van der Waals surface area contributed by atoms with Crippen LogP contribution in [0, 0.1) is 0 Å². The first-order chi connectivity index (χ1) is 8.59. The van der Waals surface area contributed by atoms with Gasteiger partial charge in [-0.05, 0) is 38.6 Å². The maximum absolute atomic E-state index is 12.1. The van der Waals surface area contributed by atoms with E-state index < -0.39 is 10.0 Å². The Morgan fingerprint density at radius 1 is 1.28 bits per heavy atom.